The van der Waals surface area contributed by atoms with E-state index in [1.54, 1.807) is 0 Å². The summed E-state index contributed by atoms with van der Waals surface area (Å²) in [4.78, 5) is 8.33. The highest BCUT2D eigenvalue weighted by molar-refractivity contribution is 7.00. The van der Waals surface area contributed by atoms with Gasteiger partial charge >= 0.3 is 0 Å². The molecule has 5 aliphatic carbocycles. The molecule has 0 radical (unpaired) electrons. The fourth-order valence-corrected chi connectivity index (χ4v) is 18.1. The highest BCUT2D eigenvalue weighted by atomic mass is 16.4. The second kappa shape index (κ2) is 15.9. The number of furan rings is 1. The molecule has 0 saturated heterocycles. The third-order valence-electron chi connectivity index (χ3n) is 24.0. The van der Waals surface area contributed by atoms with E-state index in [9.17, 15) is 0 Å². The Morgan fingerprint density at radius 2 is 0.835 bits per heavy atom. The monoisotopic (exact) mass is 1050 g/mol. The fraction of sp³-hybridized carbons (Fsp3) is 0.541. The molecule has 1 aromatic heterocycles. The Morgan fingerprint density at radius 1 is 0.367 bits per heavy atom. The molecule has 2 unspecified atom stereocenters. The predicted molar refractivity (Wildman–Crippen MR) is 337 cm³/mol. The van der Waals surface area contributed by atoms with E-state index in [4.69, 9.17) is 4.42 Å². The van der Waals surface area contributed by atoms with Crippen molar-refractivity contribution in [3.63, 3.8) is 0 Å². The largest absolute Gasteiger partial charge is 0.444 e. The highest BCUT2D eigenvalue weighted by Crippen LogP contribution is 2.63. The molecule has 6 aromatic rings. The van der Waals surface area contributed by atoms with Crippen molar-refractivity contribution in [2.24, 2.45) is 0 Å². The zero-order chi connectivity index (χ0) is 55.9. The van der Waals surface area contributed by atoms with Crippen LogP contribution in [0.3, 0.4) is 0 Å². The minimum atomic E-state index is -0.135. The first-order valence-corrected chi connectivity index (χ1v) is 31.2. The fourth-order valence-electron chi connectivity index (χ4n) is 18.1. The summed E-state index contributed by atoms with van der Waals surface area (Å²) in [5.74, 6) is 2.22. The van der Waals surface area contributed by atoms with Gasteiger partial charge in [0.15, 0.2) is 5.88 Å². The first kappa shape index (κ1) is 52.0. The molecule has 14 rings (SSSR count). The van der Waals surface area contributed by atoms with Crippen LogP contribution in [-0.2, 0) is 48.7 Å². The van der Waals surface area contributed by atoms with Crippen molar-refractivity contribution in [1.29, 1.82) is 0 Å². The van der Waals surface area contributed by atoms with E-state index in [1.165, 1.54) is 158 Å². The van der Waals surface area contributed by atoms with Crippen LogP contribution >= 0.6 is 0 Å². The Labute approximate surface area is 476 Å². The van der Waals surface area contributed by atoms with Gasteiger partial charge in [-0.15, -0.1) is 0 Å². The SMILES string of the molecule is CC1(C)CCC(C)(C)c2cc(N3c4cc5c(cc4B4c6c3cc(N3c7ccccc7C7(C)CCCCC37C)cc6N(c3ccc6c(c3)C(C)(C)CCC6(C)C)c3oc6c(c34)C(C)(C)CCC6(C)C)C(C)(C)CCC5(C)C)ccc21. The molecule has 3 aliphatic heterocycles. The van der Waals surface area contributed by atoms with Crippen LogP contribution in [-0.4, -0.2) is 12.3 Å². The summed E-state index contributed by atoms with van der Waals surface area (Å²) in [6.07, 6.45) is 14.1. The number of fused-ring (bicyclic) bond motifs is 12. The summed E-state index contributed by atoms with van der Waals surface area (Å²) in [5.41, 5.74) is 25.2. The number of benzene rings is 5. The lowest BCUT2D eigenvalue weighted by atomic mass is 9.32. The lowest BCUT2D eigenvalue weighted by Gasteiger charge is -2.51. The van der Waals surface area contributed by atoms with Gasteiger partial charge in [-0.2, -0.15) is 0 Å². The molecule has 5 heteroatoms. The number of hydrogen-bond donors (Lipinski definition) is 0. The van der Waals surface area contributed by atoms with Gasteiger partial charge in [0, 0.05) is 50.6 Å². The summed E-state index contributed by atoms with van der Waals surface area (Å²) in [5, 5.41) is 0. The molecule has 4 nitrogen and oxygen atoms in total. The van der Waals surface area contributed by atoms with Crippen LogP contribution in [0, 0.1) is 0 Å². The number of rotatable bonds is 3. The quantitative estimate of drug-likeness (QED) is 0.165. The second-order valence-electron chi connectivity index (χ2n) is 32.7. The standard InChI is InChI=1S/C74H92BN3O/c1-65(2)31-33-67(5,6)51-39-45(25-27-48(51)65)76-57-44-54-53(69(9,10)35-36-70(54,11)12)43-55(57)75-61-58(76)41-47(78-56-24-20-19-23-50(56)73(17)29-21-22-30-74(73,78)18)42-59(61)77(46-26-28-49-52(40-46)68(7,8)34-32-66(49,3)4)64-62(75)60-63(79-64)72(15,16)38-37-71(60,13)14/h19-20,23-28,39-44H,21-22,29-38H2,1-18H3. The van der Waals surface area contributed by atoms with E-state index in [0.29, 0.717) is 0 Å². The van der Waals surface area contributed by atoms with Gasteiger partial charge in [0.1, 0.15) is 5.76 Å². The van der Waals surface area contributed by atoms with Gasteiger partial charge in [-0.25, -0.2) is 0 Å². The van der Waals surface area contributed by atoms with Crippen molar-refractivity contribution in [3.05, 3.63) is 135 Å². The summed E-state index contributed by atoms with van der Waals surface area (Å²) in [6, 6.07) is 35.7. The topological polar surface area (TPSA) is 22.9 Å². The van der Waals surface area contributed by atoms with Crippen LogP contribution in [0.25, 0.3) is 0 Å². The normalized spacial score (nSPS) is 26.8. The van der Waals surface area contributed by atoms with Crippen molar-refractivity contribution in [1.82, 2.24) is 0 Å². The van der Waals surface area contributed by atoms with Gasteiger partial charge in [-0.3, -0.25) is 4.90 Å². The van der Waals surface area contributed by atoms with E-state index in [0.717, 1.165) is 31.6 Å². The first-order valence-electron chi connectivity index (χ1n) is 31.2. The van der Waals surface area contributed by atoms with Crippen molar-refractivity contribution in [2.75, 3.05) is 14.7 Å². The molecule has 4 heterocycles. The van der Waals surface area contributed by atoms with Crippen LogP contribution < -0.4 is 31.1 Å². The van der Waals surface area contributed by atoms with Gasteiger partial charge in [-0.05, 0) is 218 Å². The van der Waals surface area contributed by atoms with E-state index in [1.807, 2.05) is 0 Å². The Balaban J connectivity index is 1.16. The molecule has 8 aliphatic rings. The molecule has 1 fully saturated rings. The predicted octanol–water partition coefficient (Wildman–Crippen LogP) is 18.5. The Hall–Kier alpha value is -5.16. The van der Waals surface area contributed by atoms with Crippen molar-refractivity contribution >= 4 is 68.8 Å². The molecule has 0 spiro atoms. The van der Waals surface area contributed by atoms with E-state index in [2.05, 4.69) is 224 Å². The zero-order valence-corrected chi connectivity index (χ0v) is 51.9. The number of hydrogen-bond acceptors (Lipinski definition) is 4. The maximum atomic E-state index is 8.00. The van der Waals surface area contributed by atoms with Gasteiger partial charge in [0.25, 0.3) is 6.71 Å². The molecule has 5 aromatic carbocycles. The second-order valence-corrected chi connectivity index (χ2v) is 32.7. The Morgan fingerprint density at radius 3 is 1.42 bits per heavy atom. The number of nitrogens with zero attached hydrogens (tertiary/aromatic N) is 3. The Kier molecular flexibility index (Phi) is 10.4. The molecule has 1 saturated carbocycles. The van der Waals surface area contributed by atoms with Crippen LogP contribution in [0.2, 0.25) is 0 Å². The molecular weight excluding hydrogens is 958 g/mol. The maximum absolute atomic E-state index is 8.00. The molecule has 2 atom stereocenters. The minimum absolute atomic E-state index is 0.000898. The molecule has 412 valence electrons. The first-order chi connectivity index (χ1) is 36.8. The van der Waals surface area contributed by atoms with Crippen molar-refractivity contribution in [2.45, 2.75) is 256 Å². The van der Waals surface area contributed by atoms with Crippen LogP contribution in [0.5, 0.6) is 0 Å². The molecule has 0 amide bonds. The summed E-state index contributed by atoms with van der Waals surface area (Å²) in [7, 11) is 0. The Bertz CT molecular complexity index is 3610. The maximum Gasteiger partial charge on any atom is 0.256 e. The molecule has 0 bridgehead atoms. The lowest BCUT2D eigenvalue weighted by Crippen LogP contribution is -2.63. The van der Waals surface area contributed by atoms with E-state index in [-0.39, 0.29) is 61.0 Å². The minimum Gasteiger partial charge on any atom is -0.444 e. The lowest BCUT2D eigenvalue weighted by molar-refractivity contribution is 0.195. The summed E-state index contributed by atoms with van der Waals surface area (Å²) >= 11 is 0. The van der Waals surface area contributed by atoms with Crippen molar-refractivity contribution < 1.29 is 4.42 Å². The third-order valence-corrected chi connectivity index (χ3v) is 24.0. The zero-order valence-electron chi connectivity index (χ0n) is 51.9. The average molecular weight is 1050 g/mol. The van der Waals surface area contributed by atoms with Gasteiger partial charge in [0.2, 0.25) is 0 Å². The third kappa shape index (κ3) is 6.92. The molecular formula is C74H92BN3O. The van der Waals surface area contributed by atoms with Crippen LogP contribution in [0.4, 0.5) is 45.7 Å². The van der Waals surface area contributed by atoms with Crippen LogP contribution in [0.1, 0.15) is 252 Å². The van der Waals surface area contributed by atoms with Gasteiger partial charge in [-0.1, -0.05) is 167 Å². The summed E-state index contributed by atoms with van der Waals surface area (Å²) < 4.78 is 8.00. The molecule has 79 heavy (non-hydrogen) atoms. The van der Waals surface area contributed by atoms with Crippen LogP contribution in [0.15, 0.2) is 89.3 Å². The number of para-hydroxylation sites is 1. The van der Waals surface area contributed by atoms with Gasteiger partial charge in [0.05, 0.1) is 5.54 Å². The molecule has 0 N–H and O–H groups in total. The van der Waals surface area contributed by atoms with Gasteiger partial charge < -0.3 is 14.2 Å². The number of anilines is 8. The van der Waals surface area contributed by atoms with Crippen molar-refractivity contribution in [3.8, 4) is 0 Å². The smallest absolute Gasteiger partial charge is 0.256 e. The average Bonchev–Trinajstić information content (AvgIpc) is 4.02. The highest BCUT2D eigenvalue weighted by Gasteiger charge is 2.59. The van der Waals surface area contributed by atoms with E-state index < -0.39 is 0 Å². The summed E-state index contributed by atoms with van der Waals surface area (Å²) in [6.45, 7) is 45.1. The van der Waals surface area contributed by atoms with E-state index >= 15 is 0 Å².